The van der Waals surface area contributed by atoms with Gasteiger partial charge in [0.15, 0.2) is 0 Å². The molecular formula is C12H13Cl2N3. The van der Waals surface area contributed by atoms with Crippen LogP contribution in [0.4, 0.5) is 5.95 Å². The minimum Gasteiger partial charge on any atom is -0.355 e. The van der Waals surface area contributed by atoms with Crippen LogP contribution in [-0.2, 0) is 0 Å². The van der Waals surface area contributed by atoms with Gasteiger partial charge in [-0.25, -0.2) is 4.98 Å². The molecule has 0 aliphatic heterocycles. The Morgan fingerprint density at radius 3 is 2.82 bits per heavy atom. The SMILES string of the molecule is CCCNc1nccn1-c1ccc(Cl)c(Cl)c1. The molecule has 0 radical (unpaired) electrons. The summed E-state index contributed by atoms with van der Waals surface area (Å²) in [4.78, 5) is 4.26. The summed E-state index contributed by atoms with van der Waals surface area (Å²) in [6.45, 7) is 3.00. The number of halogens is 2. The lowest BCUT2D eigenvalue weighted by Gasteiger charge is -2.09. The van der Waals surface area contributed by atoms with Gasteiger partial charge in [-0.1, -0.05) is 30.1 Å². The molecule has 5 heteroatoms. The summed E-state index contributed by atoms with van der Waals surface area (Å²) in [5, 5.41) is 4.35. The molecule has 0 spiro atoms. The molecule has 0 fully saturated rings. The van der Waals surface area contributed by atoms with Gasteiger partial charge >= 0.3 is 0 Å². The number of aromatic nitrogens is 2. The monoisotopic (exact) mass is 269 g/mol. The minimum absolute atomic E-state index is 0.541. The van der Waals surface area contributed by atoms with Gasteiger partial charge in [0.1, 0.15) is 0 Å². The van der Waals surface area contributed by atoms with Crippen molar-refractivity contribution in [2.24, 2.45) is 0 Å². The van der Waals surface area contributed by atoms with Gasteiger partial charge in [-0.2, -0.15) is 0 Å². The van der Waals surface area contributed by atoms with E-state index in [0.717, 1.165) is 24.6 Å². The highest BCUT2D eigenvalue weighted by atomic mass is 35.5. The van der Waals surface area contributed by atoms with Crippen LogP contribution in [0.15, 0.2) is 30.6 Å². The van der Waals surface area contributed by atoms with E-state index in [4.69, 9.17) is 23.2 Å². The quantitative estimate of drug-likeness (QED) is 0.909. The Bertz CT molecular complexity index is 508. The third-order valence-electron chi connectivity index (χ3n) is 2.36. The fourth-order valence-electron chi connectivity index (χ4n) is 1.51. The molecule has 0 saturated heterocycles. The number of imidazole rings is 1. The van der Waals surface area contributed by atoms with E-state index in [1.54, 1.807) is 12.3 Å². The van der Waals surface area contributed by atoms with Gasteiger partial charge in [0.05, 0.1) is 15.7 Å². The van der Waals surface area contributed by atoms with Crippen molar-refractivity contribution in [3.8, 4) is 5.69 Å². The first-order valence-corrected chi connectivity index (χ1v) is 6.20. The average molecular weight is 270 g/mol. The molecule has 0 bridgehead atoms. The van der Waals surface area contributed by atoms with Crippen molar-refractivity contribution in [3.05, 3.63) is 40.6 Å². The number of anilines is 1. The van der Waals surface area contributed by atoms with E-state index in [1.165, 1.54) is 0 Å². The summed E-state index contributed by atoms with van der Waals surface area (Å²) >= 11 is 11.9. The van der Waals surface area contributed by atoms with E-state index in [9.17, 15) is 0 Å². The van der Waals surface area contributed by atoms with Crippen LogP contribution in [-0.4, -0.2) is 16.1 Å². The van der Waals surface area contributed by atoms with E-state index in [2.05, 4.69) is 17.2 Å². The van der Waals surface area contributed by atoms with Crippen molar-refractivity contribution in [2.45, 2.75) is 13.3 Å². The number of nitrogens with zero attached hydrogens (tertiary/aromatic N) is 2. The Labute approximate surface area is 110 Å². The third kappa shape index (κ3) is 2.73. The maximum atomic E-state index is 6.00. The normalized spacial score (nSPS) is 10.5. The summed E-state index contributed by atoms with van der Waals surface area (Å²) in [6, 6.07) is 5.51. The second kappa shape index (κ2) is 5.43. The van der Waals surface area contributed by atoms with Crippen LogP contribution in [0, 0.1) is 0 Å². The third-order valence-corrected chi connectivity index (χ3v) is 3.09. The largest absolute Gasteiger partial charge is 0.355 e. The number of hydrogen-bond acceptors (Lipinski definition) is 2. The van der Waals surface area contributed by atoms with Crippen LogP contribution < -0.4 is 5.32 Å². The first kappa shape index (κ1) is 12.3. The Morgan fingerprint density at radius 1 is 1.29 bits per heavy atom. The van der Waals surface area contributed by atoms with E-state index in [0.29, 0.717) is 10.0 Å². The van der Waals surface area contributed by atoms with Gasteiger partial charge in [-0.05, 0) is 24.6 Å². The van der Waals surface area contributed by atoms with Gasteiger partial charge in [-0.15, -0.1) is 0 Å². The average Bonchev–Trinajstić information content (AvgIpc) is 2.78. The van der Waals surface area contributed by atoms with Gasteiger partial charge in [0.2, 0.25) is 5.95 Å². The van der Waals surface area contributed by atoms with E-state index >= 15 is 0 Å². The maximum absolute atomic E-state index is 6.00. The summed E-state index contributed by atoms with van der Waals surface area (Å²) in [5.74, 6) is 0.810. The van der Waals surface area contributed by atoms with Crippen molar-refractivity contribution in [1.29, 1.82) is 0 Å². The van der Waals surface area contributed by atoms with Crippen LogP contribution in [0.25, 0.3) is 5.69 Å². The van der Waals surface area contributed by atoms with Crippen molar-refractivity contribution >= 4 is 29.2 Å². The molecule has 1 aromatic carbocycles. The highest BCUT2D eigenvalue weighted by molar-refractivity contribution is 6.42. The molecule has 0 atom stereocenters. The fraction of sp³-hybridized carbons (Fsp3) is 0.250. The predicted molar refractivity (Wildman–Crippen MR) is 72.4 cm³/mol. The van der Waals surface area contributed by atoms with Crippen LogP contribution in [0.2, 0.25) is 10.0 Å². The zero-order valence-corrected chi connectivity index (χ0v) is 11.0. The molecule has 1 heterocycles. The molecule has 17 heavy (non-hydrogen) atoms. The fourth-order valence-corrected chi connectivity index (χ4v) is 1.81. The van der Waals surface area contributed by atoms with E-state index in [1.807, 2.05) is 22.9 Å². The Hall–Kier alpha value is -1.19. The molecule has 1 N–H and O–H groups in total. The first-order chi connectivity index (χ1) is 8.22. The molecule has 0 amide bonds. The zero-order valence-electron chi connectivity index (χ0n) is 9.45. The lowest BCUT2D eigenvalue weighted by atomic mass is 10.3. The molecule has 3 nitrogen and oxygen atoms in total. The summed E-state index contributed by atoms with van der Waals surface area (Å²) in [5.41, 5.74) is 0.940. The standard InChI is InChI=1S/C12H13Cl2N3/c1-2-5-15-12-16-6-7-17(12)9-3-4-10(13)11(14)8-9/h3-4,6-8H,2,5H2,1H3,(H,15,16). The summed E-state index contributed by atoms with van der Waals surface area (Å²) in [6.07, 6.45) is 4.69. The van der Waals surface area contributed by atoms with Crippen LogP contribution >= 0.6 is 23.2 Å². The predicted octanol–water partition coefficient (Wildman–Crippen LogP) is 4.00. The van der Waals surface area contributed by atoms with Crippen molar-refractivity contribution in [2.75, 3.05) is 11.9 Å². The van der Waals surface area contributed by atoms with Crippen LogP contribution in [0.5, 0.6) is 0 Å². The van der Waals surface area contributed by atoms with Crippen molar-refractivity contribution in [3.63, 3.8) is 0 Å². The van der Waals surface area contributed by atoms with E-state index in [-0.39, 0.29) is 0 Å². The highest BCUT2D eigenvalue weighted by Crippen LogP contribution is 2.25. The molecule has 90 valence electrons. The molecule has 0 aliphatic rings. The van der Waals surface area contributed by atoms with Crippen LogP contribution in [0.1, 0.15) is 13.3 Å². The second-order valence-corrected chi connectivity index (χ2v) is 4.46. The number of rotatable bonds is 4. The summed E-state index contributed by atoms with van der Waals surface area (Å²) < 4.78 is 1.94. The highest BCUT2D eigenvalue weighted by Gasteiger charge is 2.06. The van der Waals surface area contributed by atoms with Crippen molar-refractivity contribution < 1.29 is 0 Å². The lowest BCUT2D eigenvalue weighted by molar-refractivity contribution is 0.937. The first-order valence-electron chi connectivity index (χ1n) is 5.45. The molecular weight excluding hydrogens is 257 g/mol. The summed E-state index contributed by atoms with van der Waals surface area (Å²) in [7, 11) is 0. The topological polar surface area (TPSA) is 29.9 Å². The number of hydrogen-bond donors (Lipinski definition) is 1. The zero-order chi connectivity index (χ0) is 12.3. The number of nitrogens with one attached hydrogen (secondary N) is 1. The molecule has 2 rings (SSSR count). The minimum atomic E-state index is 0.541. The van der Waals surface area contributed by atoms with Gasteiger partial charge in [-0.3, -0.25) is 4.57 Å². The van der Waals surface area contributed by atoms with Gasteiger partial charge in [0, 0.05) is 18.9 Å². The Kier molecular flexibility index (Phi) is 3.92. The molecule has 0 saturated carbocycles. The smallest absolute Gasteiger partial charge is 0.207 e. The second-order valence-electron chi connectivity index (χ2n) is 3.65. The molecule has 1 aromatic heterocycles. The van der Waals surface area contributed by atoms with Gasteiger partial charge < -0.3 is 5.32 Å². The molecule has 2 aromatic rings. The Balaban J connectivity index is 2.32. The lowest BCUT2D eigenvalue weighted by Crippen LogP contribution is -2.06. The maximum Gasteiger partial charge on any atom is 0.207 e. The number of benzene rings is 1. The Morgan fingerprint density at radius 2 is 2.12 bits per heavy atom. The van der Waals surface area contributed by atoms with E-state index < -0.39 is 0 Å². The van der Waals surface area contributed by atoms with Crippen LogP contribution in [0.3, 0.4) is 0 Å². The molecule has 0 unspecified atom stereocenters. The van der Waals surface area contributed by atoms with Crippen molar-refractivity contribution in [1.82, 2.24) is 9.55 Å². The molecule has 0 aliphatic carbocycles. The van der Waals surface area contributed by atoms with Gasteiger partial charge in [0.25, 0.3) is 0 Å².